The smallest absolute Gasteiger partial charge is 0.137 e. The molecule has 0 bridgehead atoms. The van der Waals surface area contributed by atoms with E-state index in [4.69, 9.17) is 4.74 Å². The van der Waals surface area contributed by atoms with Crippen LogP contribution < -0.4 is 10.1 Å². The Morgan fingerprint density at radius 1 is 1.21 bits per heavy atom. The van der Waals surface area contributed by atoms with E-state index in [0.717, 1.165) is 54.5 Å². The summed E-state index contributed by atoms with van der Waals surface area (Å²) >= 11 is 0. The number of nitrogens with one attached hydrogen (secondary N) is 1. The molecule has 2 N–H and O–H groups in total. The average Bonchev–Trinajstić information content (AvgIpc) is 2.84. The number of piperidine rings is 1. The Morgan fingerprint density at radius 2 is 2.03 bits per heavy atom. The molecule has 5 nitrogen and oxygen atoms in total. The highest BCUT2D eigenvalue weighted by Gasteiger charge is 2.22. The first-order chi connectivity index (χ1) is 16.0. The van der Waals surface area contributed by atoms with Gasteiger partial charge in [0.2, 0.25) is 0 Å². The van der Waals surface area contributed by atoms with Crippen molar-refractivity contribution in [2.45, 2.75) is 25.0 Å². The summed E-state index contributed by atoms with van der Waals surface area (Å²) in [5.41, 5.74) is 1.94. The summed E-state index contributed by atoms with van der Waals surface area (Å²) in [5, 5.41) is 15.3. The van der Waals surface area contributed by atoms with E-state index in [-0.39, 0.29) is 5.56 Å². The number of aliphatic hydroxyl groups excluding tert-OH is 1. The molecule has 0 spiro atoms. The highest BCUT2D eigenvalue weighted by Crippen LogP contribution is 2.27. The number of fused-ring (bicyclic) bond motifs is 1. The number of β-amino-alcohol motifs (C(OH)–C–C–N with tert-alkyl or cyclic N) is 1. The maximum absolute atomic E-state index is 13.7. The number of rotatable bonds is 8. The summed E-state index contributed by atoms with van der Waals surface area (Å²) in [6.07, 6.45) is 6.40. The van der Waals surface area contributed by atoms with E-state index in [1.807, 2.05) is 30.3 Å². The van der Waals surface area contributed by atoms with Crippen molar-refractivity contribution in [3.63, 3.8) is 0 Å². The number of halogens is 2. The number of nitrogens with zero attached hydrogens (tertiary/aromatic N) is 2. The van der Waals surface area contributed by atoms with Gasteiger partial charge in [0, 0.05) is 30.1 Å². The van der Waals surface area contributed by atoms with Crippen LogP contribution in [0.2, 0.25) is 0 Å². The Balaban J connectivity index is 1.27. The largest absolute Gasteiger partial charge is 0.495 e. The summed E-state index contributed by atoms with van der Waals surface area (Å²) in [4.78, 5) is 6.68. The molecular weight excluding hydrogens is 424 g/mol. The molecule has 3 aromatic rings. The van der Waals surface area contributed by atoms with E-state index in [9.17, 15) is 13.9 Å². The standard InChI is InChI=1S/C26H29F2N3O2/c1-33-21-15-23-22(5-2-6-25(23)30-16-21)26(32)17-31-12-9-20(10-13-31)29-11-3-4-18-14-19(27)7-8-24(18)28/h2-8,14-16,20,26,29,32H,9-13,17H2,1H3/b4-3+. The Morgan fingerprint density at radius 3 is 2.82 bits per heavy atom. The number of benzene rings is 2. The van der Waals surface area contributed by atoms with Gasteiger partial charge in [0.1, 0.15) is 17.4 Å². The van der Waals surface area contributed by atoms with Crippen LogP contribution in [0.1, 0.15) is 30.1 Å². The molecule has 1 fully saturated rings. The maximum Gasteiger partial charge on any atom is 0.137 e. The number of pyridine rings is 1. The lowest BCUT2D eigenvalue weighted by Crippen LogP contribution is -2.43. The van der Waals surface area contributed by atoms with Crippen molar-refractivity contribution in [2.75, 3.05) is 33.3 Å². The van der Waals surface area contributed by atoms with Crippen LogP contribution in [0.15, 0.2) is 54.7 Å². The maximum atomic E-state index is 13.7. The van der Waals surface area contributed by atoms with Gasteiger partial charge in [0.05, 0.1) is 24.9 Å². The number of aliphatic hydroxyl groups is 1. The van der Waals surface area contributed by atoms with Crippen molar-refractivity contribution in [3.05, 3.63) is 77.5 Å². The molecule has 2 aromatic carbocycles. The predicted octanol–water partition coefficient (Wildman–Crippen LogP) is 4.32. The lowest BCUT2D eigenvalue weighted by atomic mass is 10.0. The minimum atomic E-state index is -0.615. The second-order valence-electron chi connectivity index (χ2n) is 8.36. The zero-order valence-corrected chi connectivity index (χ0v) is 18.7. The van der Waals surface area contributed by atoms with Gasteiger partial charge in [-0.25, -0.2) is 8.78 Å². The van der Waals surface area contributed by atoms with Crippen LogP contribution in [0.4, 0.5) is 8.78 Å². The number of ether oxygens (including phenoxy) is 1. The van der Waals surface area contributed by atoms with Gasteiger partial charge in [0.25, 0.3) is 0 Å². The first kappa shape index (κ1) is 23.3. The Bertz CT molecular complexity index is 1110. The van der Waals surface area contributed by atoms with Crippen LogP contribution >= 0.6 is 0 Å². The summed E-state index contributed by atoms with van der Waals surface area (Å²) in [6.45, 7) is 2.91. The molecule has 1 saturated heterocycles. The van der Waals surface area contributed by atoms with Crippen LogP contribution in [-0.2, 0) is 0 Å². The van der Waals surface area contributed by atoms with Crippen LogP contribution in [0.5, 0.6) is 5.75 Å². The van der Waals surface area contributed by atoms with E-state index in [0.29, 0.717) is 24.9 Å². The fourth-order valence-corrected chi connectivity index (χ4v) is 4.28. The number of hydrogen-bond acceptors (Lipinski definition) is 5. The van der Waals surface area contributed by atoms with E-state index in [2.05, 4.69) is 15.2 Å². The van der Waals surface area contributed by atoms with Gasteiger partial charge < -0.3 is 20.1 Å². The summed E-state index contributed by atoms with van der Waals surface area (Å²) in [6, 6.07) is 11.5. The van der Waals surface area contributed by atoms with Gasteiger partial charge >= 0.3 is 0 Å². The first-order valence-corrected chi connectivity index (χ1v) is 11.2. The SMILES string of the molecule is COc1cnc2cccc(C(O)CN3CCC(NC/C=C/c4cc(F)ccc4F)CC3)c2c1. The third kappa shape index (κ3) is 5.93. The molecule has 7 heteroatoms. The number of likely N-dealkylation sites (tertiary alicyclic amines) is 1. The van der Waals surface area contributed by atoms with Crippen LogP contribution in [0.3, 0.4) is 0 Å². The zero-order valence-electron chi connectivity index (χ0n) is 18.7. The molecule has 1 aliphatic heterocycles. The van der Waals surface area contributed by atoms with Crippen molar-refractivity contribution < 1.29 is 18.6 Å². The fraction of sp³-hybridized carbons (Fsp3) is 0.346. The zero-order chi connectivity index (χ0) is 23.2. The monoisotopic (exact) mass is 453 g/mol. The molecule has 0 aliphatic carbocycles. The van der Waals surface area contributed by atoms with Crippen molar-refractivity contribution in [1.29, 1.82) is 0 Å². The minimum Gasteiger partial charge on any atom is -0.495 e. The predicted molar refractivity (Wildman–Crippen MR) is 126 cm³/mol. The minimum absolute atomic E-state index is 0.252. The fourth-order valence-electron chi connectivity index (χ4n) is 4.28. The normalized spacial score (nSPS) is 16.5. The number of methoxy groups -OCH3 is 1. The molecule has 1 aliphatic rings. The highest BCUT2D eigenvalue weighted by atomic mass is 19.1. The molecule has 2 heterocycles. The molecule has 1 atom stereocenters. The summed E-state index contributed by atoms with van der Waals surface area (Å²) in [7, 11) is 1.61. The number of hydrogen-bond donors (Lipinski definition) is 2. The van der Waals surface area contributed by atoms with E-state index >= 15 is 0 Å². The third-order valence-electron chi connectivity index (χ3n) is 6.13. The molecule has 33 heavy (non-hydrogen) atoms. The molecule has 0 saturated carbocycles. The highest BCUT2D eigenvalue weighted by molar-refractivity contribution is 5.83. The molecule has 1 aromatic heterocycles. The first-order valence-electron chi connectivity index (χ1n) is 11.2. The van der Waals surface area contributed by atoms with Gasteiger partial charge in [0.15, 0.2) is 0 Å². The van der Waals surface area contributed by atoms with Crippen molar-refractivity contribution in [1.82, 2.24) is 15.2 Å². The lowest BCUT2D eigenvalue weighted by molar-refractivity contribution is 0.0955. The van der Waals surface area contributed by atoms with Crippen LogP contribution in [-0.4, -0.2) is 54.3 Å². The van der Waals surface area contributed by atoms with Gasteiger partial charge in [-0.15, -0.1) is 0 Å². The van der Waals surface area contributed by atoms with Crippen LogP contribution in [0.25, 0.3) is 17.0 Å². The van der Waals surface area contributed by atoms with Gasteiger partial charge in [-0.1, -0.05) is 24.3 Å². The molecule has 0 radical (unpaired) electrons. The molecule has 174 valence electrons. The van der Waals surface area contributed by atoms with Gasteiger partial charge in [-0.2, -0.15) is 0 Å². The summed E-state index contributed by atoms with van der Waals surface area (Å²) < 4.78 is 32.2. The molecule has 1 unspecified atom stereocenters. The molecule has 4 rings (SSSR count). The van der Waals surface area contributed by atoms with Crippen LogP contribution in [0, 0.1) is 11.6 Å². The van der Waals surface area contributed by atoms with Crippen molar-refractivity contribution in [3.8, 4) is 5.75 Å². The quantitative estimate of drug-likeness (QED) is 0.532. The molecular formula is C26H29F2N3O2. The summed E-state index contributed by atoms with van der Waals surface area (Å²) in [5.74, 6) is -0.208. The lowest BCUT2D eigenvalue weighted by Gasteiger charge is -2.33. The Labute approximate surface area is 192 Å². The van der Waals surface area contributed by atoms with Crippen molar-refractivity contribution in [2.24, 2.45) is 0 Å². The second-order valence-corrected chi connectivity index (χ2v) is 8.36. The van der Waals surface area contributed by atoms with E-state index in [1.54, 1.807) is 19.4 Å². The van der Waals surface area contributed by atoms with Crippen molar-refractivity contribution >= 4 is 17.0 Å². The third-order valence-corrected chi connectivity index (χ3v) is 6.13. The van der Waals surface area contributed by atoms with Gasteiger partial charge in [-0.3, -0.25) is 4.98 Å². The Kier molecular flexibility index (Phi) is 7.65. The van der Waals surface area contributed by atoms with Gasteiger partial charge in [-0.05, 0) is 61.8 Å². The topological polar surface area (TPSA) is 57.6 Å². The molecule has 0 amide bonds. The average molecular weight is 454 g/mol. The second kappa shape index (κ2) is 10.8. The Hall–Kier alpha value is -2.87. The van der Waals surface area contributed by atoms with E-state index < -0.39 is 17.7 Å². The number of aromatic nitrogens is 1. The van der Waals surface area contributed by atoms with E-state index in [1.165, 1.54) is 6.07 Å².